The van der Waals surface area contributed by atoms with Crippen LogP contribution in [0.3, 0.4) is 0 Å². The minimum absolute atomic E-state index is 0.426. The molecule has 1 fully saturated rings. The van der Waals surface area contributed by atoms with E-state index in [-0.39, 0.29) is 0 Å². The highest BCUT2D eigenvalue weighted by Gasteiger charge is 2.20. The van der Waals surface area contributed by atoms with Crippen LogP contribution in [-0.2, 0) is 0 Å². The summed E-state index contributed by atoms with van der Waals surface area (Å²) in [4.78, 5) is 11.0. The molecule has 0 unspecified atom stereocenters. The normalized spacial score (nSPS) is 14.9. The summed E-state index contributed by atoms with van der Waals surface area (Å²) in [5.74, 6) is 0.339. The number of hydrogen-bond acceptors (Lipinski definition) is 3. The van der Waals surface area contributed by atoms with Gasteiger partial charge in [0.05, 0.1) is 11.4 Å². The van der Waals surface area contributed by atoms with Crippen LogP contribution < -0.4 is 16.8 Å². The van der Waals surface area contributed by atoms with Crippen molar-refractivity contribution < 1.29 is 4.79 Å². The van der Waals surface area contributed by atoms with Gasteiger partial charge >= 0.3 is 0 Å². The highest BCUT2D eigenvalue weighted by Crippen LogP contribution is 2.30. The minimum atomic E-state index is -0.426. The molecule has 1 aliphatic rings. The molecule has 80 valence electrons. The molecule has 1 amide bonds. The summed E-state index contributed by atoms with van der Waals surface area (Å²) >= 11 is 0. The number of nitrogens with two attached hydrogens (primary N) is 2. The van der Waals surface area contributed by atoms with Gasteiger partial charge in [0, 0.05) is 12.1 Å². The Morgan fingerprint density at radius 2 is 2.20 bits per heavy atom. The van der Waals surface area contributed by atoms with Gasteiger partial charge in [0.25, 0.3) is 0 Å². The lowest BCUT2D eigenvalue weighted by Gasteiger charge is -2.09. The fraction of sp³-hybridized carbons (Fsp3) is 0.364. The average Bonchev–Trinajstić information content (AvgIpc) is 3.00. The standard InChI is InChI=1S/C11H15N3O/c12-9-4-3-8(11(13)15)5-10(9)14-6-7-1-2-7/h3-5,7,14H,1-2,6,12H2,(H2,13,15). The van der Waals surface area contributed by atoms with E-state index in [2.05, 4.69) is 5.32 Å². The van der Waals surface area contributed by atoms with Crippen molar-refractivity contribution in [2.75, 3.05) is 17.6 Å². The van der Waals surface area contributed by atoms with E-state index < -0.39 is 5.91 Å². The van der Waals surface area contributed by atoms with Crippen molar-refractivity contribution >= 4 is 17.3 Å². The number of anilines is 2. The zero-order valence-electron chi connectivity index (χ0n) is 8.49. The number of amides is 1. The van der Waals surface area contributed by atoms with Crippen molar-refractivity contribution in [3.05, 3.63) is 23.8 Å². The highest BCUT2D eigenvalue weighted by molar-refractivity contribution is 5.94. The fourth-order valence-corrected chi connectivity index (χ4v) is 1.44. The second-order valence-corrected chi connectivity index (χ2v) is 3.99. The lowest BCUT2D eigenvalue weighted by Crippen LogP contribution is -2.12. The average molecular weight is 205 g/mol. The van der Waals surface area contributed by atoms with Gasteiger partial charge in [-0.25, -0.2) is 0 Å². The molecule has 0 aromatic heterocycles. The molecule has 15 heavy (non-hydrogen) atoms. The van der Waals surface area contributed by atoms with Crippen LogP contribution in [0.5, 0.6) is 0 Å². The molecule has 0 radical (unpaired) electrons. The summed E-state index contributed by atoms with van der Waals surface area (Å²) in [5, 5.41) is 3.24. The van der Waals surface area contributed by atoms with Crippen LogP contribution in [0.2, 0.25) is 0 Å². The van der Waals surface area contributed by atoms with Crippen LogP contribution in [0.15, 0.2) is 18.2 Å². The van der Waals surface area contributed by atoms with E-state index in [9.17, 15) is 4.79 Å². The molecule has 0 heterocycles. The Balaban J connectivity index is 2.12. The van der Waals surface area contributed by atoms with Gasteiger partial charge in [0.2, 0.25) is 5.91 Å². The van der Waals surface area contributed by atoms with Crippen LogP contribution in [-0.4, -0.2) is 12.5 Å². The number of carbonyl (C=O) groups excluding carboxylic acids is 1. The lowest BCUT2D eigenvalue weighted by atomic mass is 10.1. The number of nitrogen functional groups attached to an aromatic ring is 1. The van der Waals surface area contributed by atoms with E-state index in [0.717, 1.165) is 18.2 Å². The maximum Gasteiger partial charge on any atom is 0.248 e. The van der Waals surface area contributed by atoms with Crippen molar-refractivity contribution in [1.82, 2.24) is 0 Å². The van der Waals surface area contributed by atoms with Crippen molar-refractivity contribution in [2.45, 2.75) is 12.8 Å². The number of carbonyl (C=O) groups is 1. The van der Waals surface area contributed by atoms with Gasteiger partial charge in [0.1, 0.15) is 0 Å². The van der Waals surface area contributed by atoms with Crippen LogP contribution >= 0.6 is 0 Å². The number of benzene rings is 1. The Morgan fingerprint density at radius 1 is 1.47 bits per heavy atom. The van der Waals surface area contributed by atoms with Crippen molar-refractivity contribution in [2.24, 2.45) is 11.7 Å². The highest BCUT2D eigenvalue weighted by atomic mass is 16.1. The zero-order chi connectivity index (χ0) is 10.8. The topological polar surface area (TPSA) is 81.1 Å². The Kier molecular flexibility index (Phi) is 2.49. The lowest BCUT2D eigenvalue weighted by molar-refractivity contribution is 0.100. The maximum atomic E-state index is 11.0. The maximum absolute atomic E-state index is 11.0. The Hall–Kier alpha value is -1.71. The first-order valence-corrected chi connectivity index (χ1v) is 5.10. The Morgan fingerprint density at radius 3 is 2.80 bits per heavy atom. The van der Waals surface area contributed by atoms with Gasteiger partial charge in [-0.05, 0) is 37.0 Å². The van der Waals surface area contributed by atoms with Crippen molar-refractivity contribution in [3.8, 4) is 0 Å². The minimum Gasteiger partial charge on any atom is -0.397 e. The largest absolute Gasteiger partial charge is 0.397 e. The molecular formula is C11H15N3O. The van der Waals surface area contributed by atoms with E-state index in [1.807, 2.05) is 0 Å². The summed E-state index contributed by atoms with van der Waals surface area (Å²) in [6.45, 7) is 0.923. The number of rotatable bonds is 4. The molecule has 0 bridgehead atoms. The van der Waals surface area contributed by atoms with Crippen molar-refractivity contribution in [1.29, 1.82) is 0 Å². The fourth-order valence-electron chi connectivity index (χ4n) is 1.44. The van der Waals surface area contributed by atoms with Crippen molar-refractivity contribution in [3.63, 3.8) is 0 Å². The van der Waals surface area contributed by atoms with Gasteiger partial charge in [-0.15, -0.1) is 0 Å². The van der Waals surface area contributed by atoms with Gasteiger partial charge in [-0.3, -0.25) is 4.79 Å². The summed E-state index contributed by atoms with van der Waals surface area (Å²) < 4.78 is 0. The van der Waals surface area contributed by atoms with Crippen LogP contribution in [0.25, 0.3) is 0 Å². The second-order valence-electron chi connectivity index (χ2n) is 3.99. The summed E-state index contributed by atoms with van der Waals surface area (Å²) in [6.07, 6.45) is 2.56. The van der Waals surface area contributed by atoms with Gasteiger partial charge in [0.15, 0.2) is 0 Å². The molecule has 1 saturated carbocycles. The zero-order valence-corrected chi connectivity index (χ0v) is 8.49. The number of hydrogen-bond donors (Lipinski definition) is 3. The van der Waals surface area contributed by atoms with E-state index >= 15 is 0 Å². The third kappa shape index (κ3) is 2.40. The molecule has 0 spiro atoms. The van der Waals surface area contributed by atoms with Crippen LogP contribution in [0, 0.1) is 5.92 Å². The SMILES string of the molecule is NC(=O)c1ccc(N)c(NCC2CC2)c1. The Labute approximate surface area is 88.6 Å². The van der Waals surface area contributed by atoms with E-state index in [0.29, 0.717) is 11.3 Å². The molecule has 1 aromatic carbocycles. The molecular weight excluding hydrogens is 190 g/mol. The summed E-state index contributed by atoms with van der Waals surface area (Å²) in [7, 11) is 0. The molecule has 1 aromatic rings. The van der Waals surface area contributed by atoms with E-state index in [1.165, 1.54) is 12.8 Å². The van der Waals surface area contributed by atoms with E-state index in [4.69, 9.17) is 11.5 Å². The van der Waals surface area contributed by atoms with Gasteiger partial charge in [-0.1, -0.05) is 0 Å². The van der Waals surface area contributed by atoms with Gasteiger partial charge < -0.3 is 16.8 Å². The third-order valence-corrected chi connectivity index (χ3v) is 2.62. The first-order valence-electron chi connectivity index (χ1n) is 5.10. The summed E-state index contributed by atoms with van der Waals surface area (Å²) in [5.41, 5.74) is 12.9. The molecule has 1 aliphatic carbocycles. The molecule has 4 heteroatoms. The molecule has 0 aliphatic heterocycles. The third-order valence-electron chi connectivity index (χ3n) is 2.62. The molecule has 4 nitrogen and oxygen atoms in total. The summed E-state index contributed by atoms with van der Waals surface area (Å²) in [6, 6.07) is 5.05. The first kappa shape index (κ1) is 9.83. The van der Waals surface area contributed by atoms with Crippen LogP contribution in [0.1, 0.15) is 23.2 Å². The first-order chi connectivity index (χ1) is 7.16. The van der Waals surface area contributed by atoms with E-state index in [1.54, 1.807) is 18.2 Å². The molecule has 2 rings (SSSR count). The predicted molar refractivity (Wildman–Crippen MR) is 60.6 cm³/mol. The predicted octanol–water partition coefficient (Wildman–Crippen LogP) is 1.19. The monoisotopic (exact) mass is 205 g/mol. The molecule has 0 saturated heterocycles. The van der Waals surface area contributed by atoms with Crippen LogP contribution in [0.4, 0.5) is 11.4 Å². The van der Waals surface area contributed by atoms with Gasteiger partial charge in [-0.2, -0.15) is 0 Å². The molecule has 0 atom stereocenters. The Bertz CT molecular complexity index is 385. The number of nitrogens with one attached hydrogen (secondary N) is 1. The second kappa shape index (κ2) is 3.81. The molecule has 5 N–H and O–H groups in total. The number of primary amides is 1. The quantitative estimate of drug-likeness (QED) is 0.646. The smallest absolute Gasteiger partial charge is 0.248 e.